The number of hydrogen-bond donors (Lipinski definition) is 2. The maximum atomic E-state index is 14.0. The lowest BCUT2D eigenvalue weighted by molar-refractivity contribution is -0.136. The Hall–Kier alpha value is -3.55. The van der Waals surface area contributed by atoms with Gasteiger partial charge in [0.15, 0.2) is 17.3 Å². The Balaban J connectivity index is 1.37. The van der Waals surface area contributed by atoms with Crippen LogP contribution in [0.5, 0.6) is 0 Å². The summed E-state index contributed by atoms with van der Waals surface area (Å²) in [5.41, 5.74) is -1.21. The van der Waals surface area contributed by atoms with Gasteiger partial charge in [-0.1, -0.05) is 0 Å². The summed E-state index contributed by atoms with van der Waals surface area (Å²) in [5, 5.41) is 6.77. The van der Waals surface area contributed by atoms with E-state index in [0.717, 1.165) is 23.4 Å². The molecule has 2 aliphatic rings. The summed E-state index contributed by atoms with van der Waals surface area (Å²) in [6.07, 6.45) is -1.92. The van der Waals surface area contributed by atoms with E-state index >= 15 is 0 Å². The first-order valence-electron chi connectivity index (χ1n) is 11.1. The molecule has 9 nitrogen and oxygen atoms in total. The molecule has 0 aliphatic carbocycles. The number of alkyl halides is 3. The van der Waals surface area contributed by atoms with E-state index < -0.39 is 23.4 Å². The number of benzene rings is 1. The van der Waals surface area contributed by atoms with Gasteiger partial charge in [-0.25, -0.2) is 13.8 Å². The number of anilines is 2. The SMILES string of the molecule is CN1C2CCC1CN(c1nc(NCc3nc4c(F)c(F)ccc4[nH]3)n3ncc(C(F)(F)F)c3n1)C2. The standard InChI is InChI=1S/C21H20F5N9/c1-33-10-2-3-11(33)9-34(8-10)20-31-18-12(21(24,25)26)6-28-35(18)19(32-20)27-7-15-29-14-5-4-13(22)16(23)17(14)30-15/h4-6,10-11H,2-3,7-9H2,1H3,(H,29,30)(H,27,31,32). The number of aromatic amines is 1. The van der Waals surface area contributed by atoms with Gasteiger partial charge in [-0.2, -0.15) is 32.8 Å². The van der Waals surface area contributed by atoms with Gasteiger partial charge in [0.1, 0.15) is 16.9 Å². The summed E-state index contributed by atoms with van der Waals surface area (Å²) in [4.78, 5) is 19.8. The number of halogens is 5. The van der Waals surface area contributed by atoms with Crippen LogP contribution in [-0.4, -0.2) is 66.7 Å². The molecule has 0 amide bonds. The van der Waals surface area contributed by atoms with Crippen LogP contribution in [0.25, 0.3) is 16.7 Å². The summed E-state index contributed by atoms with van der Waals surface area (Å²) in [6, 6.07) is 2.90. The number of hydrogen-bond acceptors (Lipinski definition) is 7. The Morgan fingerprint density at radius 3 is 2.54 bits per heavy atom. The average molecular weight is 493 g/mol. The third-order valence-electron chi connectivity index (χ3n) is 6.80. The molecule has 0 radical (unpaired) electrons. The van der Waals surface area contributed by atoms with Crippen molar-refractivity contribution in [2.45, 2.75) is 37.6 Å². The molecule has 2 saturated heterocycles. The number of rotatable bonds is 4. The molecular weight excluding hydrogens is 473 g/mol. The van der Waals surface area contributed by atoms with Crippen molar-refractivity contribution in [3.63, 3.8) is 0 Å². The maximum absolute atomic E-state index is 14.0. The van der Waals surface area contributed by atoms with Crippen LogP contribution in [0.4, 0.5) is 33.8 Å². The molecule has 3 aromatic heterocycles. The highest BCUT2D eigenvalue weighted by Crippen LogP contribution is 2.34. The molecule has 1 aromatic carbocycles. The quantitative estimate of drug-likeness (QED) is 0.422. The fourth-order valence-corrected chi connectivity index (χ4v) is 4.91. The zero-order valence-electron chi connectivity index (χ0n) is 18.4. The molecular formula is C21H20F5N9. The van der Waals surface area contributed by atoms with Crippen LogP contribution in [0.1, 0.15) is 24.2 Å². The van der Waals surface area contributed by atoms with Crippen molar-refractivity contribution in [3.05, 3.63) is 41.4 Å². The molecule has 5 heterocycles. The first-order valence-corrected chi connectivity index (χ1v) is 11.1. The highest BCUT2D eigenvalue weighted by atomic mass is 19.4. The van der Waals surface area contributed by atoms with E-state index in [1.807, 2.05) is 4.90 Å². The van der Waals surface area contributed by atoms with E-state index in [1.54, 1.807) is 0 Å². The van der Waals surface area contributed by atoms with Gasteiger partial charge in [-0.3, -0.25) is 4.90 Å². The number of piperazine rings is 1. The summed E-state index contributed by atoms with van der Waals surface area (Å²) in [6.45, 7) is 1.16. The van der Waals surface area contributed by atoms with E-state index in [4.69, 9.17) is 0 Å². The van der Waals surface area contributed by atoms with Crippen LogP contribution in [0.15, 0.2) is 18.3 Å². The number of H-pyrrole nitrogens is 1. The molecule has 4 aromatic rings. The first-order chi connectivity index (χ1) is 16.7. The van der Waals surface area contributed by atoms with Gasteiger partial charge in [0, 0.05) is 25.2 Å². The first kappa shape index (κ1) is 21.9. The van der Waals surface area contributed by atoms with Crippen LogP contribution < -0.4 is 10.2 Å². The molecule has 2 N–H and O–H groups in total. The average Bonchev–Trinajstić information content (AvgIpc) is 3.48. The van der Waals surface area contributed by atoms with Gasteiger partial charge in [0.25, 0.3) is 0 Å². The zero-order chi connectivity index (χ0) is 24.5. The topological polar surface area (TPSA) is 90.3 Å². The van der Waals surface area contributed by atoms with Crippen LogP contribution in [-0.2, 0) is 12.7 Å². The van der Waals surface area contributed by atoms with Crippen LogP contribution in [0.2, 0.25) is 0 Å². The highest BCUT2D eigenvalue weighted by molar-refractivity contribution is 5.75. The van der Waals surface area contributed by atoms with Crippen molar-refractivity contribution >= 4 is 28.6 Å². The third-order valence-corrected chi connectivity index (χ3v) is 6.80. The van der Waals surface area contributed by atoms with Gasteiger partial charge in [0.2, 0.25) is 11.9 Å². The van der Waals surface area contributed by atoms with E-state index in [-0.39, 0.29) is 47.5 Å². The van der Waals surface area contributed by atoms with Gasteiger partial charge >= 0.3 is 6.18 Å². The smallest absolute Gasteiger partial charge is 0.347 e. The van der Waals surface area contributed by atoms with Gasteiger partial charge in [-0.05, 0) is 32.0 Å². The number of likely N-dealkylation sites (N-methyl/N-ethyl adjacent to an activating group) is 1. The Kier molecular flexibility index (Phi) is 4.85. The monoisotopic (exact) mass is 493 g/mol. The van der Waals surface area contributed by atoms with Crippen molar-refractivity contribution < 1.29 is 22.0 Å². The fraction of sp³-hybridized carbons (Fsp3) is 0.429. The Morgan fingerprint density at radius 1 is 1.09 bits per heavy atom. The van der Waals surface area contributed by atoms with Gasteiger partial charge < -0.3 is 15.2 Å². The molecule has 2 unspecified atom stereocenters. The Labute approximate surface area is 195 Å². The minimum atomic E-state index is -4.65. The lowest BCUT2D eigenvalue weighted by atomic mass is 10.2. The number of fused-ring (bicyclic) bond motifs is 4. The second-order valence-electron chi connectivity index (χ2n) is 8.89. The molecule has 2 aliphatic heterocycles. The number of nitrogens with zero attached hydrogens (tertiary/aromatic N) is 7. The molecule has 6 rings (SSSR count). The predicted octanol–water partition coefficient (Wildman–Crippen LogP) is 3.19. The van der Waals surface area contributed by atoms with E-state index in [1.165, 1.54) is 6.07 Å². The van der Waals surface area contributed by atoms with Crippen LogP contribution >= 0.6 is 0 Å². The van der Waals surface area contributed by atoms with Gasteiger partial charge in [0.05, 0.1) is 18.3 Å². The second kappa shape index (κ2) is 7.73. The predicted molar refractivity (Wildman–Crippen MR) is 116 cm³/mol. The zero-order valence-corrected chi connectivity index (χ0v) is 18.4. The minimum absolute atomic E-state index is 0.0267. The normalized spacial score (nSPS) is 20.9. The van der Waals surface area contributed by atoms with Crippen molar-refractivity contribution in [3.8, 4) is 0 Å². The van der Waals surface area contributed by atoms with Crippen molar-refractivity contribution in [1.29, 1.82) is 0 Å². The van der Waals surface area contributed by atoms with E-state index in [9.17, 15) is 22.0 Å². The second-order valence-corrected chi connectivity index (χ2v) is 8.89. The van der Waals surface area contributed by atoms with Crippen LogP contribution in [0, 0.1) is 11.6 Å². The van der Waals surface area contributed by atoms with Crippen molar-refractivity contribution in [2.75, 3.05) is 30.4 Å². The molecule has 35 heavy (non-hydrogen) atoms. The fourth-order valence-electron chi connectivity index (χ4n) is 4.91. The summed E-state index contributed by atoms with van der Waals surface area (Å²) < 4.78 is 69.5. The van der Waals surface area contributed by atoms with Crippen molar-refractivity contribution in [1.82, 2.24) is 34.4 Å². The van der Waals surface area contributed by atoms with E-state index in [2.05, 4.69) is 42.3 Å². The molecule has 0 spiro atoms. The maximum Gasteiger partial charge on any atom is 0.421 e. The molecule has 0 saturated carbocycles. The Bertz CT molecular complexity index is 1410. The third kappa shape index (κ3) is 3.63. The lowest BCUT2D eigenvalue weighted by Crippen LogP contribution is -2.52. The number of nitrogens with one attached hydrogen (secondary N) is 2. The number of imidazole rings is 1. The number of aromatic nitrogens is 6. The summed E-state index contributed by atoms with van der Waals surface area (Å²) >= 11 is 0. The Morgan fingerprint density at radius 2 is 1.83 bits per heavy atom. The van der Waals surface area contributed by atoms with Gasteiger partial charge in [-0.15, -0.1) is 0 Å². The molecule has 14 heteroatoms. The summed E-state index contributed by atoms with van der Waals surface area (Å²) in [7, 11) is 2.05. The highest BCUT2D eigenvalue weighted by Gasteiger charge is 2.40. The molecule has 184 valence electrons. The summed E-state index contributed by atoms with van der Waals surface area (Å²) in [5.74, 6) is -1.66. The molecule has 2 bridgehead atoms. The van der Waals surface area contributed by atoms with Crippen molar-refractivity contribution in [2.24, 2.45) is 0 Å². The molecule has 2 fully saturated rings. The van der Waals surface area contributed by atoms with E-state index in [0.29, 0.717) is 24.8 Å². The largest absolute Gasteiger partial charge is 0.421 e. The van der Waals surface area contributed by atoms with Crippen LogP contribution in [0.3, 0.4) is 0 Å². The minimum Gasteiger partial charge on any atom is -0.347 e. The molecule has 2 atom stereocenters. The lowest BCUT2D eigenvalue weighted by Gasteiger charge is -2.38.